The van der Waals surface area contributed by atoms with Gasteiger partial charge < -0.3 is 15.0 Å². The molecule has 0 unspecified atom stereocenters. The van der Waals surface area contributed by atoms with E-state index in [-0.39, 0.29) is 6.61 Å². The second kappa shape index (κ2) is 6.67. The van der Waals surface area contributed by atoms with Crippen LogP contribution < -0.4 is 5.32 Å². The van der Waals surface area contributed by atoms with Gasteiger partial charge in [-0.05, 0) is 17.9 Å². The molecule has 0 spiro atoms. The van der Waals surface area contributed by atoms with Crippen molar-refractivity contribution in [3.63, 3.8) is 0 Å². The predicted molar refractivity (Wildman–Crippen MR) is 87.7 cm³/mol. The third-order valence-corrected chi connectivity index (χ3v) is 4.10. The summed E-state index contributed by atoms with van der Waals surface area (Å²) in [5.74, 6) is 1.40. The highest BCUT2D eigenvalue weighted by molar-refractivity contribution is 7.13. The summed E-state index contributed by atoms with van der Waals surface area (Å²) in [6.07, 6.45) is 6.13. The molecule has 3 heterocycles. The van der Waals surface area contributed by atoms with Gasteiger partial charge in [0.05, 0.1) is 16.1 Å². The first-order valence-corrected chi connectivity index (χ1v) is 7.91. The van der Waals surface area contributed by atoms with E-state index < -0.39 is 0 Å². The van der Waals surface area contributed by atoms with E-state index in [1.165, 1.54) is 0 Å². The normalized spacial score (nSPS) is 10.8. The zero-order chi connectivity index (χ0) is 15.4. The monoisotopic (exact) mass is 315 g/mol. The second-order valence-electron chi connectivity index (χ2n) is 4.80. The standard InChI is InChI=1S/C15H17N5OS/c1-20-7-6-16-14(20)11-10-18-15(17-5-3-8-21)19-13(11)12-4-2-9-22-12/h2,4,6-7,9-10,21H,3,5,8H2,1H3,(H,17,18,19). The average molecular weight is 315 g/mol. The first-order chi connectivity index (χ1) is 10.8. The van der Waals surface area contributed by atoms with E-state index in [1.807, 2.05) is 35.3 Å². The van der Waals surface area contributed by atoms with Crippen molar-refractivity contribution < 1.29 is 5.11 Å². The van der Waals surface area contributed by atoms with Crippen LogP contribution in [0.1, 0.15) is 6.42 Å². The van der Waals surface area contributed by atoms with Crippen molar-refractivity contribution in [2.75, 3.05) is 18.5 Å². The maximum Gasteiger partial charge on any atom is 0.223 e. The minimum Gasteiger partial charge on any atom is -0.396 e. The van der Waals surface area contributed by atoms with Crippen LogP contribution in [0.25, 0.3) is 22.0 Å². The molecule has 0 saturated heterocycles. The zero-order valence-electron chi connectivity index (χ0n) is 12.2. The summed E-state index contributed by atoms with van der Waals surface area (Å²) >= 11 is 1.64. The molecule has 0 aliphatic rings. The Balaban J connectivity index is 2.01. The highest BCUT2D eigenvalue weighted by Gasteiger charge is 2.15. The molecule has 0 bridgehead atoms. The van der Waals surface area contributed by atoms with Crippen LogP contribution in [0, 0.1) is 0 Å². The van der Waals surface area contributed by atoms with Crippen LogP contribution in [0.3, 0.4) is 0 Å². The molecular weight excluding hydrogens is 298 g/mol. The maximum atomic E-state index is 8.86. The van der Waals surface area contributed by atoms with Crippen molar-refractivity contribution in [3.8, 4) is 22.0 Å². The Morgan fingerprint density at radius 2 is 2.27 bits per heavy atom. The van der Waals surface area contributed by atoms with Gasteiger partial charge in [0.25, 0.3) is 0 Å². The third-order valence-electron chi connectivity index (χ3n) is 3.22. The fourth-order valence-corrected chi connectivity index (χ4v) is 2.86. The molecule has 0 aliphatic carbocycles. The van der Waals surface area contributed by atoms with Crippen molar-refractivity contribution in [2.24, 2.45) is 7.05 Å². The van der Waals surface area contributed by atoms with E-state index in [0.717, 1.165) is 22.0 Å². The predicted octanol–water partition coefficient (Wildman–Crippen LogP) is 2.40. The molecule has 0 radical (unpaired) electrons. The third kappa shape index (κ3) is 3.00. The van der Waals surface area contributed by atoms with Crippen molar-refractivity contribution in [1.29, 1.82) is 0 Å². The number of imidazole rings is 1. The number of aliphatic hydroxyl groups is 1. The van der Waals surface area contributed by atoms with Gasteiger partial charge in [0.1, 0.15) is 5.82 Å². The Hall–Kier alpha value is -2.25. The van der Waals surface area contributed by atoms with E-state index in [0.29, 0.717) is 18.9 Å². The second-order valence-corrected chi connectivity index (χ2v) is 5.75. The lowest BCUT2D eigenvalue weighted by Gasteiger charge is -2.10. The summed E-state index contributed by atoms with van der Waals surface area (Å²) in [4.78, 5) is 14.5. The molecular formula is C15H17N5OS. The van der Waals surface area contributed by atoms with E-state index in [4.69, 9.17) is 5.11 Å². The van der Waals surface area contributed by atoms with Crippen LogP contribution in [-0.2, 0) is 7.05 Å². The fourth-order valence-electron chi connectivity index (χ4n) is 2.14. The van der Waals surface area contributed by atoms with Crippen molar-refractivity contribution in [2.45, 2.75) is 6.42 Å². The summed E-state index contributed by atoms with van der Waals surface area (Å²) in [6.45, 7) is 0.790. The highest BCUT2D eigenvalue weighted by atomic mass is 32.1. The summed E-state index contributed by atoms with van der Waals surface area (Å²) in [5, 5.41) is 14.0. The summed E-state index contributed by atoms with van der Waals surface area (Å²) in [7, 11) is 1.95. The first-order valence-electron chi connectivity index (χ1n) is 7.03. The van der Waals surface area contributed by atoms with Crippen LogP contribution in [0.4, 0.5) is 5.95 Å². The molecule has 0 amide bonds. The average Bonchev–Trinajstić information content (AvgIpc) is 3.19. The topological polar surface area (TPSA) is 75.9 Å². The molecule has 6 nitrogen and oxygen atoms in total. The molecule has 22 heavy (non-hydrogen) atoms. The van der Waals surface area contributed by atoms with Crippen LogP contribution in [0.15, 0.2) is 36.1 Å². The van der Waals surface area contributed by atoms with Crippen molar-refractivity contribution in [3.05, 3.63) is 36.1 Å². The highest BCUT2D eigenvalue weighted by Crippen LogP contribution is 2.32. The molecule has 7 heteroatoms. The van der Waals surface area contributed by atoms with Crippen molar-refractivity contribution in [1.82, 2.24) is 19.5 Å². The van der Waals surface area contributed by atoms with Gasteiger partial charge in [-0.3, -0.25) is 0 Å². The van der Waals surface area contributed by atoms with Gasteiger partial charge in [0.15, 0.2) is 0 Å². The molecule has 0 atom stereocenters. The number of hydrogen-bond donors (Lipinski definition) is 2. The summed E-state index contributed by atoms with van der Waals surface area (Å²) < 4.78 is 1.95. The van der Waals surface area contributed by atoms with Crippen molar-refractivity contribution >= 4 is 17.3 Å². The molecule has 0 saturated carbocycles. The Bertz CT molecular complexity index is 738. The minimum atomic E-state index is 0.149. The summed E-state index contributed by atoms with van der Waals surface area (Å²) in [5.41, 5.74) is 1.77. The van der Waals surface area contributed by atoms with E-state index in [1.54, 1.807) is 23.7 Å². The largest absolute Gasteiger partial charge is 0.396 e. The molecule has 0 fully saturated rings. The van der Waals surface area contributed by atoms with Gasteiger partial charge >= 0.3 is 0 Å². The molecule has 114 valence electrons. The quantitative estimate of drug-likeness (QED) is 0.683. The number of aryl methyl sites for hydroxylation is 1. The molecule has 0 aromatic carbocycles. The van der Waals surface area contributed by atoms with Gasteiger partial charge in [0, 0.05) is 38.8 Å². The van der Waals surface area contributed by atoms with Crippen LogP contribution in [-0.4, -0.2) is 37.8 Å². The molecule has 0 aliphatic heterocycles. The van der Waals surface area contributed by atoms with Crippen LogP contribution in [0.2, 0.25) is 0 Å². The van der Waals surface area contributed by atoms with E-state index >= 15 is 0 Å². The molecule has 2 N–H and O–H groups in total. The van der Waals surface area contributed by atoms with Crippen LogP contribution in [0.5, 0.6) is 0 Å². The molecule has 3 aromatic heterocycles. The molecule has 3 aromatic rings. The number of nitrogens with one attached hydrogen (secondary N) is 1. The van der Waals surface area contributed by atoms with Crippen LogP contribution >= 0.6 is 11.3 Å². The maximum absolute atomic E-state index is 8.86. The fraction of sp³-hybridized carbons (Fsp3) is 0.267. The number of hydrogen-bond acceptors (Lipinski definition) is 6. The van der Waals surface area contributed by atoms with Gasteiger partial charge in [-0.1, -0.05) is 6.07 Å². The Morgan fingerprint density at radius 3 is 2.95 bits per heavy atom. The number of aromatic nitrogens is 4. The lowest BCUT2D eigenvalue weighted by atomic mass is 10.2. The number of aliphatic hydroxyl groups excluding tert-OH is 1. The number of rotatable bonds is 6. The van der Waals surface area contributed by atoms with E-state index in [9.17, 15) is 0 Å². The van der Waals surface area contributed by atoms with E-state index in [2.05, 4.69) is 20.3 Å². The Morgan fingerprint density at radius 1 is 1.36 bits per heavy atom. The lowest BCUT2D eigenvalue weighted by molar-refractivity contribution is 0.292. The van der Waals surface area contributed by atoms with Gasteiger partial charge in [0.2, 0.25) is 5.95 Å². The lowest BCUT2D eigenvalue weighted by Crippen LogP contribution is -2.08. The Labute approximate surface area is 132 Å². The number of thiophene rings is 1. The molecule has 3 rings (SSSR count). The van der Waals surface area contributed by atoms with Gasteiger partial charge in [-0.15, -0.1) is 11.3 Å². The van der Waals surface area contributed by atoms with Gasteiger partial charge in [-0.25, -0.2) is 15.0 Å². The zero-order valence-corrected chi connectivity index (χ0v) is 13.0. The number of nitrogens with zero attached hydrogens (tertiary/aromatic N) is 4. The Kier molecular flexibility index (Phi) is 4.45. The first kappa shape index (κ1) is 14.7. The number of anilines is 1. The van der Waals surface area contributed by atoms with Gasteiger partial charge in [-0.2, -0.15) is 0 Å². The summed E-state index contributed by atoms with van der Waals surface area (Å²) in [6, 6.07) is 4.04. The SMILES string of the molecule is Cn1ccnc1-c1cnc(NCCCO)nc1-c1cccs1. The minimum absolute atomic E-state index is 0.149. The smallest absolute Gasteiger partial charge is 0.223 e.